The summed E-state index contributed by atoms with van der Waals surface area (Å²) in [6, 6.07) is 20.3. The first kappa shape index (κ1) is 19.1. The number of ether oxygens (including phenoxy) is 1. The number of nitrogens with one attached hydrogen (secondary N) is 2. The Labute approximate surface area is 163 Å². The number of aromatic nitrogens is 1. The molecule has 6 heteroatoms. The highest BCUT2D eigenvalue weighted by atomic mass is 16.5. The van der Waals surface area contributed by atoms with Gasteiger partial charge in [-0.3, -0.25) is 9.78 Å². The molecule has 1 aromatic heterocycles. The van der Waals surface area contributed by atoms with Gasteiger partial charge in [0.2, 0.25) is 0 Å². The Kier molecular flexibility index (Phi) is 6.73. The summed E-state index contributed by atoms with van der Waals surface area (Å²) < 4.78 is 5.17. The zero-order valence-corrected chi connectivity index (χ0v) is 15.3. The lowest BCUT2D eigenvalue weighted by Gasteiger charge is -2.08. The zero-order valence-electron chi connectivity index (χ0n) is 15.3. The second-order valence-electron chi connectivity index (χ2n) is 6.13. The second-order valence-corrected chi connectivity index (χ2v) is 6.13. The quantitative estimate of drug-likeness (QED) is 0.658. The number of pyridine rings is 1. The van der Waals surface area contributed by atoms with Gasteiger partial charge in [-0.1, -0.05) is 42.5 Å². The van der Waals surface area contributed by atoms with Crippen molar-refractivity contribution < 1.29 is 14.3 Å². The number of carbonyl (C=O) groups excluding carboxylic acids is 2. The van der Waals surface area contributed by atoms with E-state index in [9.17, 15) is 9.59 Å². The van der Waals surface area contributed by atoms with E-state index in [0.717, 1.165) is 11.1 Å². The van der Waals surface area contributed by atoms with Crippen molar-refractivity contribution in [2.45, 2.75) is 13.0 Å². The van der Waals surface area contributed by atoms with Crippen LogP contribution in [0.2, 0.25) is 0 Å². The fourth-order valence-corrected chi connectivity index (χ4v) is 2.54. The Balaban J connectivity index is 1.40. The number of rotatable bonds is 7. The van der Waals surface area contributed by atoms with Gasteiger partial charge in [0.1, 0.15) is 6.61 Å². The highest BCUT2D eigenvalue weighted by Crippen LogP contribution is 2.09. The number of anilines is 1. The fraction of sp³-hybridized carbons (Fsp3) is 0.136. The number of hydrogen-bond acceptors (Lipinski definition) is 4. The van der Waals surface area contributed by atoms with Gasteiger partial charge in [0, 0.05) is 30.2 Å². The van der Waals surface area contributed by atoms with Gasteiger partial charge in [-0.2, -0.15) is 0 Å². The van der Waals surface area contributed by atoms with Crippen LogP contribution in [0.1, 0.15) is 21.5 Å². The number of amides is 2. The van der Waals surface area contributed by atoms with Crippen molar-refractivity contribution in [1.29, 1.82) is 0 Å². The van der Waals surface area contributed by atoms with Crippen LogP contribution in [0.25, 0.3) is 0 Å². The molecule has 3 rings (SSSR count). The number of hydrogen-bond donors (Lipinski definition) is 2. The van der Waals surface area contributed by atoms with Crippen molar-refractivity contribution >= 4 is 17.7 Å². The van der Waals surface area contributed by atoms with Gasteiger partial charge >= 0.3 is 6.09 Å². The van der Waals surface area contributed by atoms with E-state index in [1.807, 2.05) is 42.5 Å². The molecule has 0 aliphatic carbocycles. The molecule has 28 heavy (non-hydrogen) atoms. The minimum absolute atomic E-state index is 0.180. The van der Waals surface area contributed by atoms with E-state index in [2.05, 4.69) is 15.6 Å². The van der Waals surface area contributed by atoms with Crippen LogP contribution in [0.3, 0.4) is 0 Å². The lowest BCUT2D eigenvalue weighted by atomic mass is 10.1. The van der Waals surface area contributed by atoms with E-state index in [0.29, 0.717) is 24.2 Å². The third-order valence-electron chi connectivity index (χ3n) is 4.05. The molecule has 1 heterocycles. The maximum absolute atomic E-state index is 12.2. The average molecular weight is 375 g/mol. The van der Waals surface area contributed by atoms with Crippen molar-refractivity contribution in [3.8, 4) is 0 Å². The van der Waals surface area contributed by atoms with Gasteiger partial charge in [-0.25, -0.2) is 4.79 Å². The Morgan fingerprint density at radius 2 is 1.57 bits per heavy atom. The Morgan fingerprint density at radius 1 is 0.857 bits per heavy atom. The SMILES string of the molecule is O=C(NCCc1ccc(C(=O)Nc2ccncc2)cc1)OCc1ccccc1. The van der Waals surface area contributed by atoms with Crippen LogP contribution in [0.15, 0.2) is 79.1 Å². The number of benzene rings is 2. The molecule has 6 nitrogen and oxygen atoms in total. The summed E-state index contributed by atoms with van der Waals surface area (Å²) in [5.74, 6) is -0.180. The minimum Gasteiger partial charge on any atom is -0.445 e. The Morgan fingerprint density at radius 3 is 2.29 bits per heavy atom. The van der Waals surface area contributed by atoms with Crippen LogP contribution in [-0.2, 0) is 17.8 Å². The molecule has 0 radical (unpaired) electrons. The normalized spacial score (nSPS) is 10.1. The first-order valence-electron chi connectivity index (χ1n) is 8.95. The van der Waals surface area contributed by atoms with Crippen molar-refractivity contribution in [2.24, 2.45) is 0 Å². The van der Waals surface area contributed by atoms with Crippen LogP contribution in [-0.4, -0.2) is 23.5 Å². The number of nitrogens with zero attached hydrogens (tertiary/aromatic N) is 1. The van der Waals surface area contributed by atoms with E-state index in [1.54, 1.807) is 36.7 Å². The van der Waals surface area contributed by atoms with Crippen LogP contribution >= 0.6 is 0 Å². The van der Waals surface area contributed by atoms with Gasteiger partial charge in [-0.15, -0.1) is 0 Å². The summed E-state index contributed by atoms with van der Waals surface area (Å²) in [5, 5.41) is 5.54. The molecular weight excluding hydrogens is 354 g/mol. The maximum atomic E-state index is 12.2. The summed E-state index contributed by atoms with van der Waals surface area (Å²) in [4.78, 5) is 27.9. The summed E-state index contributed by atoms with van der Waals surface area (Å²) in [6.07, 6.45) is 3.44. The highest BCUT2D eigenvalue weighted by molar-refractivity contribution is 6.04. The predicted octanol–water partition coefficient (Wildman–Crippen LogP) is 3.80. The minimum atomic E-state index is -0.447. The molecule has 0 saturated carbocycles. The van der Waals surface area contributed by atoms with E-state index >= 15 is 0 Å². The van der Waals surface area contributed by atoms with Crippen LogP contribution in [0, 0.1) is 0 Å². The monoisotopic (exact) mass is 375 g/mol. The van der Waals surface area contributed by atoms with Crippen LogP contribution in [0.4, 0.5) is 10.5 Å². The maximum Gasteiger partial charge on any atom is 0.407 e. The molecule has 2 amide bonds. The molecule has 2 aromatic carbocycles. The van der Waals surface area contributed by atoms with E-state index in [1.165, 1.54) is 0 Å². The third kappa shape index (κ3) is 5.95. The first-order chi connectivity index (χ1) is 13.7. The molecule has 0 spiro atoms. The van der Waals surface area contributed by atoms with Gasteiger partial charge in [-0.05, 0) is 41.8 Å². The summed E-state index contributed by atoms with van der Waals surface area (Å²) in [7, 11) is 0. The average Bonchev–Trinajstić information content (AvgIpc) is 2.74. The molecule has 0 saturated heterocycles. The van der Waals surface area contributed by atoms with Crippen molar-refractivity contribution in [3.63, 3.8) is 0 Å². The second kappa shape index (κ2) is 9.87. The van der Waals surface area contributed by atoms with Crippen LogP contribution < -0.4 is 10.6 Å². The van der Waals surface area contributed by atoms with Gasteiger partial charge in [0.05, 0.1) is 0 Å². The van der Waals surface area contributed by atoms with Crippen molar-refractivity contribution in [3.05, 3.63) is 95.8 Å². The largest absolute Gasteiger partial charge is 0.445 e. The summed E-state index contributed by atoms with van der Waals surface area (Å²) in [6.45, 7) is 0.699. The molecule has 142 valence electrons. The van der Waals surface area contributed by atoms with Crippen LogP contribution in [0.5, 0.6) is 0 Å². The Bertz CT molecular complexity index is 897. The van der Waals surface area contributed by atoms with Gasteiger partial charge < -0.3 is 15.4 Å². The molecule has 2 N–H and O–H groups in total. The number of alkyl carbamates (subject to hydrolysis) is 1. The Hall–Kier alpha value is -3.67. The van der Waals surface area contributed by atoms with Crippen molar-refractivity contribution in [1.82, 2.24) is 10.3 Å². The molecule has 3 aromatic rings. The molecule has 0 bridgehead atoms. The van der Waals surface area contributed by atoms with Gasteiger partial charge in [0.25, 0.3) is 5.91 Å². The summed E-state index contributed by atoms with van der Waals surface area (Å²) >= 11 is 0. The smallest absolute Gasteiger partial charge is 0.407 e. The van der Waals surface area contributed by atoms with E-state index < -0.39 is 6.09 Å². The molecule has 0 fully saturated rings. The topological polar surface area (TPSA) is 80.3 Å². The first-order valence-corrected chi connectivity index (χ1v) is 8.95. The highest BCUT2D eigenvalue weighted by Gasteiger charge is 2.06. The van der Waals surface area contributed by atoms with Gasteiger partial charge in [0.15, 0.2) is 0 Å². The summed E-state index contributed by atoms with van der Waals surface area (Å²) in [5.41, 5.74) is 3.22. The molecule has 0 atom stereocenters. The van der Waals surface area contributed by atoms with Crippen molar-refractivity contribution in [2.75, 3.05) is 11.9 Å². The van der Waals surface area contributed by atoms with E-state index in [-0.39, 0.29) is 12.5 Å². The zero-order chi connectivity index (χ0) is 19.6. The fourth-order valence-electron chi connectivity index (χ4n) is 2.54. The lowest BCUT2D eigenvalue weighted by Crippen LogP contribution is -2.26. The molecule has 0 aliphatic heterocycles. The van der Waals surface area contributed by atoms with E-state index in [4.69, 9.17) is 4.74 Å². The molecule has 0 aliphatic rings. The lowest BCUT2D eigenvalue weighted by molar-refractivity contribution is 0.102. The standard InChI is InChI=1S/C22H21N3O3/c26-21(25-20-11-13-23-14-12-20)19-8-6-17(7-9-19)10-15-24-22(27)28-16-18-4-2-1-3-5-18/h1-9,11-14H,10,15-16H2,(H,24,27)(H,23,25,26). The molecule has 0 unspecified atom stereocenters. The predicted molar refractivity (Wildman–Crippen MR) is 107 cm³/mol. The third-order valence-corrected chi connectivity index (χ3v) is 4.05. The number of carbonyl (C=O) groups is 2. The molecular formula is C22H21N3O3.